The number of hydrogen-bond acceptors (Lipinski definition) is 4. The van der Waals surface area contributed by atoms with Gasteiger partial charge in [-0.15, -0.1) is 0 Å². The first-order valence-corrected chi connectivity index (χ1v) is 7.39. The van der Waals surface area contributed by atoms with Gasteiger partial charge in [-0.25, -0.2) is 9.78 Å². The van der Waals surface area contributed by atoms with Crippen LogP contribution in [0.15, 0.2) is 36.7 Å². The van der Waals surface area contributed by atoms with Gasteiger partial charge in [0, 0.05) is 30.3 Å². The van der Waals surface area contributed by atoms with Crippen LogP contribution in [0, 0.1) is 0 Å². The molecule has 1 atom stereocenters. The summed E-state index contributed by atoms with van der Waals surface area (Å²) in [6.07, 6.45) is 3.27. The third-order valence-corrected chi connectivity index (χ3v) is 3.49. The zero-order valence-electron chi connectivity index (χ0n) is 12.5. The number of esters is 1. The van der Waals surface area contributed by atoms with Gasteiger partial charge in [0.15, 0.2) is 11.4 Å². The number of benzene rings is 1. The van der Waals surface area contributed by atoms with Gasteiger partial charge in [-0.2, -0.15) is 0 Å². The lowest BCUT2D eigenvalue weighted by Crippen LogP contribution is -2.09. The van der Waals surface area contributed by atoms with E-state index in [9.17, 15) is 9.59 Å². The quantitative estimate of drug-likeness (QED) is 0.453. The molecule has 0 aliphatic rings. The first-order chi connectivity index (χ1) is 11.0. The SMILES string of the molecule is CC(Cl)OC(=O)c1ccc2cc(C(=O)c3nccn3C)[nH]c2c1. The van der Waals surface area contributed by atoms with Crippen molar-refractivity contribution in [3.05, 3.63) is 53.7 Å². The van der Waals surface area contributed by atoms with Gasteiger partial charge < -0.3 is 14.3 Å². The summed E-state index contributed by atoms with van der Waals surface area (Å²) in [7, 11) is 1.75. The number of aromatic nitrogens is 3. The summed E-state index contributed by atoms with van der Waals surface area (Å²) >= 11 is 5.65. The molecule has 2 aromatic heterocycles. The minimum Gasteiger partial charge on any atom is -0.443 e. The Hall–Kier alpha value is -2.60. The molecule has 0 amide bonds. The summed E-state index contributed by atoms with van der Waals surface area (Å²) in [6, 6.07) is 6.74. The van der Waals surface area contributed by atoms with Crippen LogP contribution in [-0.4, -0.2) is 31.9 Å². The van der Waals surface area contributed by atoms with Crippen LogP contribution in [0.25, 0.3) is 10.9 Å². The van der Waals surface area contributed by atoms with Gasteiger partial charge in [-0.3, -0.25) is 4.79 Å². The highest BCUT2D eigenvalue weighted by Crippen LogP contribution is 2.20. The fourth-order valence-electron chi connectivity index (χ4n) is 2.30. The Morgan fingerprint density at radius 3 is 2.78 bits per heavy atom. The second-order valence-corrected chi connectivity index (χ2v) is 5.74. The Morgan fingerprint density at radius 1 is 1.35 bits per heavy atom. The smallest absolute Gasteiger partial charge is 0.339 e. The number of rotatable bonds is 4. The predicted molar refractivity (Wildman–Crippen MR) is 85.7 cm³/mol. The number of aromatic amines is 1. The zero-order valence-corrected chi connectivity index (χ0v) is 13.3. The third kappa shape index (κ3) is 2.98. The summed E-state index contributed by atoms with van der Waals surface area (Å²) in [5, 5.41) is 0.818. The molecule has 23 heavy (non-hydrogen) atoms. The maximum absolute atomic E-state index is 12.4. The van der Waals surface area contributed by atoms with E-state index < -0.39 is 11.5 Å². The molecule has 1 unspecified atom stereocenters. The Kier molecular flexibility index (Phi) is 3.92. The van der Waals surface area contributed by atoms with E-state index in [0.29, 0.717) is 22.6 Å². The van der Waals surface area contributed by atoms with E-state index in [0.717, 1.165) is 5.39 Å². The van der Waals surface area contributed by atoms with E-state index in [2.05, 4.69) is 9.97 Å². The first kappa shape index (κ1) is 15.3. The van der Waals surface area contributed by atoms with Crippen molar-refractivity contribution in [1.82, 2.24) is 14.5 Å². The van der Waals surface area contributed by atoms with E-state index in [1.54, 1.807) is 55.2 Å². The molecule has 1 N–H and O–H groups in total. The Balaban J connectivity index is 1.95. The summed E-state index contributed by atoms with van der Waals surface area (Å²) in [5.41, 5.74) is 0.731. The fourth-order valence-corrected chi connectivity index (χ4v) is 2.38. The largest absolute Gasteiger partial charge is 0.443 e. The summed E-state index contributed by atoms with van der Waals surface area (Å²) < 4.78 is 6.60. The number of fused-ring (bicyclic) bond motifs is 1. The Labute approximate surface area is 137 Å². The highest BCUT2D eigenvalue weighted by molar-refractivity contribution is 6.20. The molecule has 6 nitrogen and oxygen atoms in total. The van der Waals surface area contributed by atoms with Gasteiger partial charge in [0.1, 0.15) is 0 Å². The molecule has 0 fully saturated rings. The molecule has 7 heteroatoms. The number of H-pyrrole nitrogens is 1. The predicted octanol–water partition coefficient (Wildman–Crippen LogP) is 2.87. The summed E-state index contributed by atoms with van der Waals surface area (Å²) in [4.78, 5) is 31.4. The topological polar surface area (TPSA) is 77.0 Å². The summed E-state index contributed by atoms with van der Waals surface area (Å²) in [5.74, 6) is -0.389. The molecule has 0 aliphatic carbocycles. The highest BCUT2D eigenvalue weighted by atomic mass is 35.5. The molecule has 0 saturated carbocycles. The number of aryl methyl sites for hydroxylation is 1. The number of hydrogen-bond donors (Lipinski definition) is 1. The van der Waals surface area contributed by atoms with Crippen LogP contribution in [-0.2, 0) is 11.8 Å². The van der Waals surface area contributed by atoms with Gasteiger partial charge in [-0.1, -0.05) is 17.7 Å². The van der Waals surface area contributed by atoms with Crippen molar-refractivity contribution in [3.63, 3.8) is 0 Å². The second-order valence-electron chi connectivity index (χ2n) is 5.12. The number of alkyl halides is 1. The number of ether oxygens (including phenoxy) is 1. The van der Waals surface area contributed by atoms with Gasteiger partial charge in [0.25, 0.3) is 0 Å². The highest BCUT2D eigenvalue weighted by Gasteiger charge is 2.17. The van der Waals surface area contributed by atoms with Crippen LogP contribution < -0.4 is 0 Å². The molecule has 0 bridgehead atoms. The average molecular weight is 332 g/mol. The van der Waals surface area contributed by atoms with Gasteiger partial charge in [-0.05, 0) is 25.1 Å². The normalized spacial score (nSPS) is 12.3. The van der Waals surface area contributed by atoms with Gasteiger partial charge in [0.2, 0.25) is 5.78 Å². The van der Waals surface area contributed by atoms with Gasteiger partial charge in [0.05, 0.1) is 11.3 Å². The lowest BCUT2D eigenvalue weighted by molar-refractivity contribution is 0.0472. The number of nitrogens with zero attached hydrogens (tertiary/aromatic N) is 2. The number of nitrogens with one attached hydrogen (secondary N) is 1. The molecule has 3 aromatic rings. The van der Waals surface area contributed by atoms with Crippen molar-refractivity contribution >= 4 is 34.3 Å². The maximum atomic E-state index is 12.4. The molecule has 0 radical (unpaired) electrons. The van der Waals surface area contributed by atoms with Crippen LogP contribution in [0.3, 0.4) is 0 Å². The van der Waals surface area contributed by atoms with Crippen molar-refractivity contribution in [2.75, 3.05) is 0 Å². The maximum Gasteiger partial charge on any atom is 0.339 e. The number of ketones is 1. The lowest BCUT2D eigenvalue weighted by Gasteiger charge is -2.05. The molecular weight excluding hydrogens is 318 g/mol. The minimum absolute atomic E-state index is 0.216. The van der Waals surface area contributed by atoms with E-state index in [4.69, 9.17) is 16.3 Å². The van der Waals surface area contributed by atoms with Crippen LogP contribution in [0.1, 0.15) is 33.6 Å². The molecule has 1 aromatic carbocycles. The van der Waals surface area contributed by atoms with E-state index in [1.807, 2.05) is 0 Å². The van der Waals surface area contributed by atoms with Crippen LogP contribution in [0.2, 0.25) is 0 Å². The lowest BCUT2D eigenvalue weighted by atomic mass is 10.1. The molecule has 3 rings (SSSR count). The molecular formula is C16H14ClN3O3. The van der Waals surface area contributed by atoms with Crippen LogP contribution in [0.5, 0.6) is 0 Å². The molecule has 0 aliphatic heterocycles. The van der Waals surface area contributed by atoms with Crippen LogP contribution in [0.4, 0.5) is 0 Å². The van der Waals surface area contributed by atoms with Gasteiger partial charge >= 0.3 is 5.97 Å². The van der Waals surface area contributed by atoms with Crippen LogP contribution >= 0.6 is 11.6 Å². The number of halogens is 1. The average Bonchev–Trinajstić information content (AvgIpc) is 3.10. The van der Waals surface area contributed by atoms with E-state index in [-0.39, 0.29) is 5.78 Å². The number of imidazole rings is 1. The molecule has 2 heterocycles. The molecule has 0 saturated heterocycles. The van der Waals surface area contributed by atoms with Crippen molar-refractivity contribution in [3.8, 4) is 0 Å². The van der Waals surface area contributed by atoms with E-state index in [1.165, 1.54) is 0 Å². The molecule has 118 valence electrons. The van der Waals surface area contributed by atoms with Crippen molar-refractivity contribution in [2.24, 2.45) is 7.05 Å². The monoisotopic (exact) mass is 331 g/mol. The van der Waals surface area contributed by atoms with Crippen molar-refractivity contribution in [1.29, 1.82) is 0 Å². The number of carbonyl (C=O) groups is 2. The second kappa shape index (κ2) is 5.89. The van der Waals surface area contributed by atoms with Crippen molar-refractivity contribution < 1.29 is 14.3 Å². The minimum atomic E-state index is -0.706. The Bertz CT molecular complexity index is 895. The Morgan fingerprint density at radius 2 is 2.13 bits per heavy atom. The van der Waals surface area contributed by atoms with Crippen molar-refractivity contribution in [2.45, 2.75) is 12.5 Å². The first-order valence-electron chi connectivity index (χ1n) is 6.95. The number of carbonyl (C=O) groups excluding carboxylic acids is 2. The zero-order chi connectivity index (χ0) is 16.6. The van der Waals surface area contributed by atoms with E-state index >= 15 is 0 Å². The third-order valence-electron chi connectivity index (χ3n) is 3.40. The summed E-state index contributed by atoms with van der Waals surface area (Å²) in [6.45, 7) is 1.57. The molecule has 0 spiro atoms. The fraction of sp³-hybridized carbons (Fsp3) is 0.188. The standard InChI is InChI=1S/C16H14ClN3O3/c1-9(17)23-16(22)11-4-3-10-7-13(19-12(10)8-11)14(21)15-18-5-6-20(15)2/h3-9,19H,1-2H3.